The molecule has 0 spiro atoms. The molecular weight excluding hydrogens is 264 g/mol. The zero-order valence-electron chi connectivity index (χ0n) is 10.1. The van der Waals surface area contributed by atoms with Gasteiger partial charge in [0, 0.05) is 0 Å². The van der Waals surface area contributed by atoms with Crippen LogP contribution >= 0.6 is 0 Å². The van der Waals surface area contributed by atoms with Gasteiger partial charge in [-0.05, 0) is 30.7 Å². The van der Waals surface area contributed by atoms with Gasteiger partial charge in [0.15, 0.2) is 0 Å². The summed E-state index contributed by atoms with van der Waals surface area (Å²) >= 11 is 0. The van der Waals surface area contributed by atoms with Crippen molar-refractivity contribution in [2.45, 2.75) is 19.5 Å². The molecule has 0 saturated heterocycles. The zero-order valence-corrected chi connectivity index (χ0v) is 10.1. The van der Waals surface area contributed by atoms with Crippen LogP contribution in [0.2, 0.25) is 0 Å². The Morgan fingerprint density at radius 3 is 2.58 bits per heavy atom. The number of esters is 1. The van der Waals surface area contributed by atoms with Crippen molar-refractivity contribution in [2.75, 3.05) is 6.61 Å². The highest BCUT2D eigenvalue weighted by Crippen LogP contribution is 2.30. The minimum Gasteiger partial charge on any atom is -0.466 e. The predicted octanol–water partition coefficient (Wildman–Crippen LogP) is 3.81. The summed E-state index contributed by atoms with van der Waals surface area (Å²) in [5, 5.41) is 0. The summed E-state index contributed by atoms with van der Waals surface area (Å²) in [6.45, 7) is 1.87. The van der Waals surface area contributed by atoms with Crippen LogP contribution in [0.15, 0.2) is 24.3 Å². The third kappa shape index (κ3) is 5.11. The Kier molecular flexibility index (Phi) is 5.09. The maximum atomic E-state index is 13.0. The molecule has 0 amide bonds. The molecule has 0 N–H and O–H groups in total. The molecule has 0 atom stereocenters. The molecular formula is C13H12F4O2. The summed E-state index contributed by atoms with van der Waals surface area (Å²) in [4.78, 5) is 11.0. The van der Waals surface area contributed by atoms with Gasteiger partial charge in [0.25, 0.3) is 0 Å². The summed E-state index contributed by atoms with van der Waals surface area (Å²) in [6, 6.07) is 2.18. The zero-order chi connectivity index (χ0) is 14.5. The molecule has 0 heterocycles. The van der Waals surface area contributed by atoms with Crippen molar-refractivity contribution < 1.29 is 27.1 Å². The standard InChI is InChI=1S/C13H12F4O2/c1-2-19-12(18)5-3-4-9-6-10(13(15,16)17)8-11(14)7-9/h3-4,6-8H,2,5H2,1H3. The molecule has 2 nitrogen and oxygen atoms in total. The lowest BCUT2D eigenvalue weighted by Gasteiger charge is -2.07. The van der Waals surface area contributed by atoms with Gasteiger partial charge < -0.3 is 4.74 Å². The second kappa shape index (κ2) is 6.36. The number of rotatable bonds is 4. The molecule has 6 heteroatoms. The van der Waals surface area contributed by atoms with Crippen LogP contribution in [0, 0.1) is 5.82 Å². The molecule has 0 unspecified atom stereocenters. The van der Waals surface area contributed by atoms with E-state index in [2.05, 4.69) is 4.74 Å². The number of carbonyl (C=O) groups is 1. The Labute approximate surface area is 107 Å². The second-order valence-corrected chi connectivity index (χ2v) is 3.68. The molecule has 0 fully saturated rings. The van der Waals surface area contributed by atoms with Gasteiger partial charge in [0.2, 0.25) is 0 Å². The maximum Gasteiger partial charge on any atom is 0.416 e. The second-order valence-electron chi connectivity index (χ2n) is 3.68. The molecule has 0 aliphatic carbocycles. The molecule has 1 rings (SSSR count). The van der Waals surface area contributed by atoms with E-state index < -0.39 is 23.5 Å². The summed E-state index contributed by atoms with van der Waals surface area (Å²) in [5.41, 5.74) is -1.03. The molecule has 0 aliphatic rings. The fourth-order valence-corrected chi connectivity index (χ4v) is 1.38. The van der Waals surface area contributed by atoms with E-state index in [1.165, 1.54) is 12.2 Å². The van der Waals surface area contributed by atoms with Crippen molar-refractivity contribution in [3.05, 3.63) is 41.2 Å². The summed E-state index contributed by atoms with van der Waals surface area (Å²) in [6.07, 6.45) is -2.11. The molecule has 0 radical (unpaired) electrons. The van der Waals surface area contributed by atoms with E-state index in [9.17, 15) is 22.4 Å². The normalized spacial score (nSPS) is 11.8. The van der Waals surface area contributed by atoms with Crippen molar-refractivity contribution >= 4 is 12.0 Å². The monoisotopic (exact) mass is 276 g/mol. The van der Waals surface area contributed by atoms with Crippen LogP contribution in [-0.4, -0.2) is 12.6 Å². The van der Waals surface area contributed by atoms with Crippen LogP contribution in [0.25, 0.3) is 6.08 Å². The van der Waals surface area contributed by atoms with Crippen molar-refractivity contribution in [3.8, 4) is 0 Å². The third-order valence-electron chi connectivity index (χ3n) is 2.15. The van der Waals surface area contributed by atoms with Crippen LogP contribution < -0.4 is 0 Å². The van der Waals surface area contributed by atoms with Crippen molar-refractivity contribution in [2.24, 2.45) is 0 Å². The summed E-state index contributed by atoms with van der Waals surface area (Å²) < 4.78 is 55.0. The first-order valence-corrected chi connectivity index (χ1v) is 5.53. The first kappa shape index (κ1) is 15.2. The molecule has 1 aromatic rings. The topological polar surface area (TPSA) is 26.3 Å². The lowest BCUT2D eigenvalue weighted by atomic mass is 10.1. The molecule has 19 heavy (non-hydrogen) atoms. The Morgan fingerprint density at radius 1 is 1.32 bits per heavy atom. The molecule has 1 aromatic carbocycles. The Balaban J connectivity index is 2.82. The summed E-state index contributed by atoms with van der Waals surface area (Å²) in [5.74, 6) is -1.48. The van der Waals surface area contributed by atoms with Crippen LogP contribution in [0.4, 0.5) is 17.6 Å². The van der Waals surface area contributed by atoms with Gasteiger partial charge in [0.05, 0.1) is 18.6 Å². The first-order valence-electron chi connectivity index (χ1n) is 5.53. The number of ether oxygens (including phenoxy) is 1. The molecule has 0 bridgehead atoms. The maximum absolute atomic E-state index is 13.0. The van der Waals surface area contributed by atoms with E-state index in [4.69, 9.17) is 0 Å². The van der Waals surface area contributed by atoms with Crippen molar-refractivity contribution in [1.82, 2.24) is 0 Å². The molecule has 0 aliphatic heterocycles. The van der Waals surface area contributed by atoms with Crippen LogP contribution in [0.5, 0.6) is 0 Å². The minimum atomic E-state index is -4.61. The average molecular weight is 276 g/mol. The Morgan fingerprint density at radius 2 is 2.00 bits per heavy atom. The van der Waals surface area contributed by atoms with Gasteiger partial charge in [-0.3, -0.25) is 4.79 Å². The van der Waals surface area contributed by atoms with Crippen LogP contribution in [0.3, 0.4) is 0 Å². The fourth-order valence-electron chi connectivity index (χ4n) is 1.38. The van der Waals surface area contributed by atoms with E-state index in [0.717, 1.165) is 12.1 Å². The Bertz CT molecular complexity index is 478. The van der Waals surface area contributed by atoms with E-state index in [-0.39, 0.29) is 18.6 Å². The lowest BCUT2D eigenvalue weighted by Crippen LogP contribution is -2.05. The number of benzene rings is 1. The van der Waals surface area contributed by atoms with E-state index in [0.29, 0.717) is 6.07 Å². The van der Waals surface area contributed by atoms with Gasteiger partial charge in [-0.1, -0.05) is 12.2 Å². The van der Waals surface area contributed by atoms with E-state index in [1.807, 2.05) is 0 Å². The molecule has 104 valence electrons. The van der Waals surface area contributed by atoms with E-state index in [1.54, 1.807) is 6.92 Å². The first-order chi connectivity index (χ1) is 8.82. The number of halogens is 4. The SMILES string of the molecule is CCOC(=O)CC=Cc1cc(F)cc(C(F)(F)F)c1. The Hall–Kier alpha value is -1.85. The number of alkyl halides is 3. The lowest BCUT2D eigenvalue weighted by molar-refractivity contribution is -0.142. The number of carbonyl (C=O) groups excluding carboxylic acids is 1. The van der Waals surface area contributed by atoms with Crippen LogP contribution in [-0.2, 0) is 15.7 Å². The predicted molar refractivity (Wildman–Crippen MR) is 61.7 cm³/mol. The summed E-state index contributed by atoms with van der Waals surface area (Å²) in [7, 11) is 0. The molecule has 0 aromatic heterocycles. The highest BCUT2D eigenvalue weighted by Gasteiger charge is 2.31. The van der Waals surface area contributed by atoms with Gasteiger partial charge in [-0.25, -0.2) is 4.39 Å². The van der Waals surface area contributed by atoms with Gasteiger partial charge in [-0.15, -0.1) is 0 Å². The number of hydrogen-bond acceptors (Lipinski definition) is 2. The highest BCUT2D eigenvalue weighted by molar-refractivity contribution is 5.72. The fraction of sp³-hybridized carbons (Fsp3) is 0.308. The molecule has 0 saturated carbocycles. The van der Waals surface area contributed by atoms with Crippen molar-refractivity contribution in [1.29, 1.82) is 0 Å². The van der Waals surface area contributed by atoms with Gasteiger partial charge >= 0.3 is 12.1 Å². The van der Waals surface area contributed by atoms with E-state index >= 15 is 0 Å². The minimum absolute atomic E-state index is 0.0385. The smallest absolute Gasteiger partial charge is 0.416 e. The number of hydrogen-bond donors (Lipinski definition) is 0. The quantitative estimate of drug-likeness (QED) is 0.617. The van der Waals surface area contributed by atoms with Crippen molar-refractivity contribution in [3.63, 3.8) is 0 Å². The van der Waals surface area contributed by atoms with Crippen LogP contribution in [0.1, 0.15) is 24.5 Å². The largest absolute Gasteiger partial charge is 0.466 e. The highest BCUT2D eigenvalue weighted by atomic mass is 19.4. The van der Waals surface area contributed by atoms with Gasteiger partial charge in [-0.2, -0.15) is 13.2 Å². The average Bonchev–Trinajstić information content (AvgIpc) is 2.27. The third-order valence-corrected chi connectivity index (χ3v) is 2.15. The van der Waals surface area contributed by atoms with Gasteiger partial charge in [0.1, 0.15) is 5.82 Å².